The van der Waals surface area contributed by atoms with Gasteiger partial charge in [-0.2, -0.15) is 5.01 Å². The Kier molecular flexibility index (Phi) is 6.24. The first-order valence-electron chi connectivity index (χ1n) is 10.8. The van der Waals surface area contributed by atoms with Gasteiger partial charge in [0.05, 0.1) is 20.8 Å². The zero-order valence-corrected chi connectivity index (χ0v) is 19.0. The van der Waals surface area contributed by atoms with E-state index >= 15 is 0 Å². The van der Waals surface area contributed by atoms with Gasteiger partial charge in [0.15, 0.2) is 0 Å². The lowest BCUT2D eigenvalue weighted by Gasteiger charge is -2.24. The molecule has 4 amide bonds. The molecule has 0 radical (unpaired) electrons. The van der Waals surface area contributed by atoms with Crippen LogP contribution in [0.3, 0.4) is 0 Å². The number of urea groups is 1. The summed E-state index contributed by atoms with van der Waals surface area (Å²) < 4.78 is 10.6. The smallest absolute Gasteiger partial charge is 0.344 e. The zero-order valence-electron chi connectivity index (χ0n) is 19.0. The molecule has 1 heterocycles. The van der Waals surface area contributed by atoms with Crippen molar-refractivity contribution < 1.29 is 23.9 Å². The normalized spacial score (nSPS) is 20.1. The van der Waals surface area contributed by atoms with Crippen LogP contribution in [0.4, 0.5) is 4.79 Å². The Morgan fingerprint density at radius 2 is 1.82 bits per heavy atom. The molecule has 2 aliphatic rings. The minimum Gasteiger partial charge on any atom is -0.497 e. The van der Waals surface area contributed by atoms with Crippen LogP contribution in [0, 0.1) is 0 Å². The fourth-order valence-electron chi connectivity index (χ4n) is 4.01. The van der Waals surface area contributed by atoms with Crippen LogP contribution in [-0.4, -0.2) is 54.6 Å². The predicted molar refractivity (Wildman–Crippen MR) is 120 cm³/mol. The number of carbonyl (C=O) groups excluding carboxylic acids is 3. The largest absolute Gasteiger partial charge is 0.497 e. The Morgan fingerprint density at radius 3 is 2.45 bits per heavy atom. The zero-order chi connectivity index (χ0) is 23.6. The molecule has 2 aromatic rings. The Balaban J connectivity index is 1.43. The SMILES string of the molecule is COc1ccc(C2(C)NC(=O)N(NC(=O)CN(Cc3ccccc3OC)C3CC3)C2=O)cc1. The molecule has 4 rings (SSSR count). The summed E-state index contributed by atoms with van der Waals surface area (Å²) in [6.07, 6.45) is 2.00. The number of hydrazine groups is 1. The van der Waals surface area contributed by atoms with Crippen LogP contribution in [0.15, 0.2) is 48.5 Å². The molecule has 0 bridgehead atoms. The van der Waals surface area contributed by atoms with Gasteiger partial charge < -0.3 is 14.8 Å². The molecule has 1 aliphatic carbocycles. The summed E-state index contributed by atoms with van der Waals surface area (Å²) in [5.74, 6) is 0.417. The Morgan fingerprint density at radius 1 is 1.12 bits per heavy atom. The molecule has 33 heavy (non-hydrogen) atoms. The number of ether oxygens (including phenoxy) is 2. The van der Waals surface area contributed by atoms with Gasteiger partial charge in [-0.3, -0.25) is 19.9 Å². The fraction of sp³-hybridized carbons (Fsp3) is 0.375. The molecule has 174 valence electrons. The number of benzene rings is 2. The molecule has 9 nitrogen and oxygen atoms in total. The summed E-state index contributed by atoms with van der Waals surface area (Å²) in [6.45, 7) is 2.20. The number of hydrogen-bond donors (Lipinski definition) is 2. The highest BCUT2D eigenvalue weighted by Crippen LogP contribution is 2.31. The summed E-state index contributed by atoms with van der Waals surface area (Å²) in [6, 6.07) is 14.1. The van der Waals surface area contributed by atoms with Gasteiger partial charge in [-0.25, -0.2) is 4.79 Å². The second-order valence-corrected chi connectivity index (χ2v) is 8.41. The van der Waals surface area contributed by atoms with Gasteiger partial charge in [-0.05, 0) is 43.5 Å². The quantitative estimate of drug-likeness (QED) is 0.566. The Bertz CT molecular complexity index is 1050. The van der Waals surface area contributed by atoms with E-state index in [1.54, 1.807) is 45.4 Å². The van der Waals surface area contributed by atoms with E-state index in [-0.39, 0.29) is 12.6 Å². The van der Waals surface area contributed by atoms with E-state index in [0.29, 0.717) is 17.9 Å². The van der Waals surface area contributed by atoms with Crippen molar-refractivity contribution in [3.05, 3.63) is 59.7 Å². The van der Waals surface area contributed by atoms with Gasteiger partial charge in [0.25, 0.3) is 11.8 Å². The van der Waals surface area contributed by atoms with Crippen molar-refractivity contribution in [3.8, 4) is 11.5 Å². The second kappa shape index (κ2) is 9.11. The number of amides is 4. The van der Waals surface area contributed by atoms with Crippen LogP contribution in [0.25, 0.3) is 0 Å². The molecular weight excluding hydrogens is 424 g/mol. The van der Waals surface area contributed by atoms with Crippen molar-refractivity contribution in [2.24, 2.45) is 0 Å². The highest BCUT2D eigenvalue weighted by atomic mass is 16.5. The lowest BCUT2D eigenvalue weighted by Crippen LogP contribution is -2.51. The van der Waals surface area contributed by atoms with E-state index in [2.05, 4.69) is 10.7 Å². The topological polar surface area (TPSA) is 100 Å². The highest BCUT2D eigenvalue weighted by molar-refractivity contribution is 6.08. The first-order valence-corrected chi connectivity index (χ1v) is 10.8. The second-order valence-electron chi connectivity index (χ2n) is 8.41. The molecule has 1 unspecified atom stereocenters. The standard InChI is InChI=1S/C24H28N4O5/c1-24(17-8-12-19(32-2)13-9-17)22(30)28(23(31)25-24)26-21(29)15-27(18-10-11-18)14-16-6-4-5-7-20(16)33-3/h4-9,12-13,18H,10-11,14-15H2,1-3H3,(H,25,31)(H,26,29). The van der Waals surface area contributed by atoms with Crippen molar-refractivity contribution >= 4 is 17.8 Å². The minimum atomic E-state index is -1.29. The van der Waals surface area contributed by atoms with E-state index in [9.17, 15) is 14.4 Å². The van der Waals surface area contributed by atoms with Crippen molar-refractivity contribution in [1.82, 2.24) is 20.7 Å². The van der Waals surface area contributed by atoms with Crippen LogP contribution in [0.5, 0.6) is 11.5 Å². The molecule has 2 aromatic carbocycles. The molecule has 1 atom stereocenters. The highest BCUT2D eigenvalue weighted by Gasteiger charge is 2.50. The van der Waals surface area contributed by atoms with Gasteiger partial charge in [-0.1, -0.05) is 30.3 Å². The first-order chi connectivity index (χ1) is 15.9. The van der Waals surface area contributed by atoms with Crippen LogP contribution in [0.1, 0.15) is 30.9 Å². The number of rotatable bonds is 9. The maximum Gasteiger partial charge on any atom is 0.344 e. The number of para-hydroxylation sites is 1. The molecule has 0 spiro atoms. The van der Waals surface area contributed by atoms with Crippen molar-refractivity contribution in [2.75, 3.05) is 20.8 Å². The van der Waals surface area contributed by atoms with E-state index in [4.69, 9.17) is 9.47 Å². The van der Waals surface area contributed by atoms with E-state index < -0.39 is 23.4 Å². The number of nitrogens with one attached hydrogen (secondary N) is 2. The van der Waals surface area contributed by atoms with E-state index in [1.807, 2.05) is 29.2 Å². The molecule has 1 saturated carbocycles. The van der Waals surface area contributed by atoms with E-state index in [1.165, 1.54) is 0 Å². The average molecular weight is 453 g/mol. The minimum absolute atomic E-state index is 0.0546. The van der Waals surface area contributed by atoms with Gasteiger partial charge in [0, 0.05) is 18.2 Å². The van der Waals surface area contributed by atoms with Crippen molar-refractivity contribution in [1.29, 1.82) is 0 Å². The number of imide groups is 1. The summed E-state index contributed by atoms with van der Waals surface area (Å²) in [7, 11) is 3.17. The van der Waals surface area contributed by atoms with Gasteiger partial charge in [0.1, 0.15) is 17.0 Å². The maximum absolute atomic E-state index is 13.1. The summed E-state index contributed by atoms with van der Waals surface area (Å²) in [4.78, 5) is 40.5. The lowest BCUT2D eigenvalue weighted by molar-refractivity contribution is -0.139. The molecule has 0 aromatic heterocycles. The predicted octanol–water partition coefficient (Wildman–Crippen LogP) is 2.17. The van der Waals surface area contributed by atoms with Crippen LogP contribution in [-0.2, 0) is 21.7 Å². The molecule has 2 N–H and O–H groups in total. The van der Waals surface area contributed by atoms with Crippen LogP contribution >= 0.6 is 0 Å². The fourth-order valence-corrected chi connectivity index (χ4v) is 4.01. The lowest BCUT2D eigenvalue weighted by atomic mass is 9.92. The summed E-state index contributed by atoms with van der Waals surface area (Å²) >= 11 is 0. The maximum atomic E-state index is 13.1. The van der Waals surface area contributed by atoms with Gasteiger partial charge >= 0.3 is 6.03 Å². The first kappa shape index (κ1) is 22.6. The number of hydrogen-bond acceptors (Lipinski definition) is 6. The Labute approximate surface area is 192 Å². The summed E-state index contributed by atoms with van der Waals surface area (Å²) in [5, 5.41) is 3.45. The third-order valence-corrected chi connectivity index (χ3v) is 6.07. The third-order valence-electron chi connectivity index (χ3n) is 6.07. The number of methoxy groups -OCH3 is 2. The van der Waals surface area contributed by atoms with E-state index in [0.717, 1.165) is 29.2 Å². The van der Waals surface area contributed by atoms with Crippen molar-refractivity contribution in [2.45, 2.75) is 37.9 Å². The number of carbonyl (C=O) groups is 3. The Hall–Kier alpha value is -3.59. The molecule has 1 aliphatic heterocycles. The number of nitrogens with zero attached hydrogens (tertiary/aromatic N) is 2. The van der Waals surface area contributed by atoms with Gasteiger partial charge in [0.2, 0.25) is 0 Å². The molecular formula is C24H28N4O5. The van der Waals surface area contributed by atoms with Crippen molar-refractivity contribution in [3.63, 3.8) is 0 Å². The van der Waals surface area contributed by atoms with Crippen LogP contribution in [0.2, 0.25) is 0 Å². The van der Waals surface area contributed by atoms with Gasteiger partial charge in [-0.15, -0.1) is 0 Å². The molecule has 2 fully saturated rings. The monoisotopic (exact) mass is 452 g/mol. The average Bonchev–Trinajstić information content (AvgIpc) is 3.64. The molecule has 9 heteroatoms. The molecule has 1 saturated heterocycles. The third kappa shape index (κ3) is 4.63. The van der Waals surface area contributed by atoms with Crippen LogP contribution < -0.4 is 20.2 Å². The summed E-state index contributed by atoms with van der Waals surface area (Å²) in [5.41, 5.74) is 2.77.